The summed E-state index contributed by atoms with van der Waals surface area (Å²) in [7, 11) is 1.66. The summed E-state index contributed by atoms with van der Waals surface area (Å²) < 4.78 is 18.1. The van der Waals surface area contributed by atoms with Crippen molar-refractivity contribution in [3.8, 4) is 0 Å². The number of urea groups is 1. The van der Waals surface area contributed by atoms with Crippen LogP contribution in [0.2, 0.25) is 0 Å². The quantitative estimate of drug-likeness (QED) is 0.173. The Morgan fingerprint density at radius 2 is 1.52 bits per heavy atom. The number of nitrogens with one attached hydrogen (secondary N) is 1. The predicted octanol–water partition coefficient (Wildman–Crippen LogP) is 6.21. The van der Waals surface area contributed by atoms with Crippen LogP contribution in [0, 0.1) is 18.8 Å². The monoisotopic (exact) mass is 902 g/mol. The van der Waals surface area contributed by atoms with Crippen molar-refractivity contribution in [1.82, 2.24) is 29.1 Å². The fraction of sp³-hybridized carbons (Fsp3) is 0.633. The molecule has 1 N–H and O–H groups in total. The normalized spacial score (nSPS) is 19.4. The van der Waals surface area contributed by atoms with Crippen LogP contribution >= 0.6 is 0 Å². The molecule has 5 aliphatic rings. The Bertz CT molecular complexity index is 2180. The molecule has 0 bridgehead atoms. The summed E-state index contributed by atoms with van der Waals surface area (Å²) in [4.78, 5) is 84.9. The second-order valence-corrected chi connectivity index (χ2v) is 18.5. The lowest BCUT2D eigenvalue weighted by molar-refractivity contribution is -0.145. The van der Waals surface area contributed by atoms with E-state index in [-0.39, 0.29) is 43.7 Å². The van der Waals surface area contributed by atoms with E-state index in [9.17, 15) is 28.8 Å². The molecule has 0 saturated carbocycles. The van der Waals surface area contributed by atoms with Crippen molar-refractivity contribution in [1.29, 1.82) is 0 Å². The highest BCUT2D eigenvalue weighted by molar-refractivity contribution is 5.91. The first kappa shape index (κ1) is 49.1. The average Bonchev–Trinajstić information content (AvgIpc) is 3.77. The minimum Gasteiger partial charge on any atom is -0.465 e. The first-order valence-electron chi connectivity index (χ1n) is 23.5. The van der Waals surface area contributed by atoms with Crippen LogP contribution in [-0.2, 0) is 43.7 Å². The fourth-order valence-electron chi connectivity index (χ4n) is 9.65. The van der Waals surface area contributed by atoms with Gasteiger partial charge >= 0.3 is 23.8 Å². The van der Waals surface area contributed by atoms with Gasteiger partial charge in [-0.3, -0.25) is 23.9 Å². The molecule has 2 aromatic carbocycles. The van der Waals surface area contributed by atoms with E-state index < -0.39 is 18.0 Å². The summed E-state index contributed by atoms with van der Waals surface area (Å²) in [5, 5.41) is 3.03. The number of likely N-dealkylation sites (tertiary alicyclic amines) is 4. The van der Waals surface area contributed by atoms with Crippen molar-refractivity contribution in [3.05, 3.63) is 63.6 Å². The Labute approximate surface area is 383 Å². The van der Waals surface area contributed by atoms with Crippen LogP contribution < -0.4 is 11.1 Å². The van der Waals surface area contributed by atoms with Crippen LogP contribution in [0.3, 0.4) is 0 Å². The molecule has 65 heavy (non-hydrogen) atoms. The van der Waals surface area contributed by atoms with Crippen molar-refractivity contribution in [3.63, 3.8) is 0 Å². The molecule has 0 unspecified atom stereocenters. The molecule has 356 valence electrons. The van der Waals surface area contributed by atoms with E-state index >= 15 is 0 Å². The number of para-hydroxylation sites is 1. The maximum absolute atomic E-state index is 13.8. The zero-order valence-electron chi connectivity index (χ0n) is 38.2. The number of esters is 1. The van der Waals surface area contributed by atoms with Crippen molar-refractivity contribution in [2.45, 2.75) is 111 Å². The third kappa shape index (κ3) is 12.7. The molecule has 5 aliphatic heterocycles. The van der Waals surface area contributed by atoms with Gasteiger partial charge in [0.2, 0.25) is 5.91 Å². The number of aromatic nitrogens is 1. The number of amides is 5. The number of aryl methyl sites for hydroxylation is 2. The van der Waals surface area contributed by atoms with E-state index in [1.807, 2.05) is 47.1 Å². The summed E-state index contributed by atoms with van der Waals surface area (Å²) >= 11 is 0. The van der Waals surface area contributed by atoms with Crippen molar-refractivity contribution >= 4 is 46.7 Å². The van der Waals surface area contributed by atoms with Crippen LogP contribution in [0.5, 0.6) is 0 Å². The number of rotatable bonds is 11. The number of nitrogens with zero attached hydrogens (tertiary/aromatic N) is 6. The van der Waals surface area contributed by atoms with Gasteiger partial charge < -0.3 is 38.8 Å². The lowest BCUT2D eigenvalue weighted by atomic mass is 9.98. The first-order chi connectivity index (χ1) is 30.8. The highest BCUT2D eigenvalue weighted by Gasteiger charge is 2.35. The van der Waals surface area contributed by atoms with E-state index in [1.165, 1.54) is 17.4 Å². The molecule has 4 fully saturated rings. The van der Waals surface area contributed by atoms with Gasteiger partial charge in [-0.25, -0.2) is 14.4 Å². The number of oxazole rings is 1. The van der Waals surface area contributed by atoms with Gasteiger partial charge in [-0.1, -0.05) is 45.5 Å². The zero-order chi connectivity index (χ0) is 45.3. The molecule has 16 nitrogen and oxygen atoms in total. The SMILES string of the molecule is C.CC1CCN(CC(=O)OCCCN2CCCC2=O)CC1.Cc1cc(C[C@@H](OC(=O)N2CCC(N3CCc4ccccc4NC3=O)CC2)C(=O)N2CCC(C)CC2)cc2oc(=O)n(C)c12. The minimum atomic E-state index is -1.00. The van der Waals surface area contributed by atoms with Gasteiger partial charge in [-0.2, -0.15) is 0 Å². The van der Waals surface area contributed by atoms with Crippen LogP contribution in [0.15, 0.2) is 45.6 Å². The molecular weight excluding hydrogens is 831 g/mol. The molecule has 8 rings (SSSR count). The number of benzene rings is 2. The van der Waals surface area contributed by atoms with Crippen LogP contribution in [0.25, 0.3) is 11.1 Å². The predicted molar refractivity (Wildman–Crippen MR) is 249 cm³/mol. The largest absolute Gasteiger partial charge is 0.465 e. The third-order valence-electron chi connectivity index (χ3n) is 13.7. The van der Waals surface area contributed by atoms with Crippen molar-refractivity contribution in [2.75, 3.05) is 77.4 Å². The molecule has 0 radical (unpaired) electrons. The Morgan fingerprint density at radius 1 is 0.846 bits per heavy atom. The van der Waals surface area contributed by atoms with E-state index in [2.05, 4.69) is 24.1 Å². The molecule has 0 aliphatic carbocycles. The van der Waals surface area contributed by atoms with E-state index in [1.54, 1.807) is 22.9 Å². The topological polar surface area (TPSA) is 167 Å². The van der Waals surface area contributed by atoms with E-state index in [4.69, 9.17) is 13.9 Å². The van der Waals surface area contributed by atoms with Gasteiger partial charge in [0.1, 0.15) is 0 Å². The van der Waals surface area contributed by atoms with Crippen LogP contribution in [0.4, 0.5) is 15.3 Å². The number of hydrogen-bond donors (Lipinski definition) is 1. The van der Waals surface area contributed by atoms with Gasteiger partial charge in [0.15, 0.2) is 11.7 Å². The van der Waals surface area contributed by atoms with E-state index in [0.29, 0.717) is 88.7 Å². The molecule has 4 saturated heterocycles. The van der Waals surface area contributed by atoms with Gasteiger partial charge in [0, 0.05) is 77.4 Å². The zero-order valence-corrected chi connectivity index (χ0v) is 38.2. The van der Waals surface area contributed by atoms with Crippen molar-refractivity contribution in [2.24, 2.45) is 18.9 Å². The lowest BCUT2D eigenvalue weighted by Gasteiger charge is -2.38. The number of piperidine rings is 3. The minimum absolute atomic E-state index is 0. The smallest absolute Gasteiger partial charge is 0.419 e. The highest BCUT2D eigenvalue weighted by Crippen LogP contribution is 2.27. The Morgan fingerprint density at radius 3 is 2.22 bits per heavy atom. The number of hydrogen-bond acceptors (Lipinski definition) is 10. The molecule has 1 atom stereocenters. The van der Waals surface area contributed by atoms with Crippen LogP contribution in [-0.4, -0.2) is 143 Å². The summed E-state index contributed by atoms with van der Waals surface area (Å²) in [5.41, 5.74) is 4.72. The van der Waals surface area contributed by atoms with Crippen LogP contribution in [0.1, 0.15) is 95.8 Å². The maximum Gasteiger partial charge on any atom is 0.419 e. The average molecular weight is 902 g/mol. The fourth-order valence-corrected chi connectivity index (χ4v) is 9.65. The standard InChI is InChI=1S/C33H41N5O6.C15H26N2O3.CH4/c1-21-8-13-36(14-9-21)30(39)28(20-23-18-22(2)29-27(19-23)43-32(41)35(29)3)44-33(42)37-15-11-25(12-16-37)38-17-10-24-6-4-5-7-26(24)34-31(38)40;1-13-5-9-16(10-6-13)12-15(19)20-11-3-8-17-7-2-4-14(17)18;/h4-7,18-19,21,25,28H,8-17,20H2,1-3H3,(H,34,40);13H,2-12H2,1H3;1H4/t28-;;/m1../s1. The Kier molecular flexibility index (Phi) is 17.1. The number of carbonyl (C=O) groups is 5. The second kappa shape index (κ2) is 22.7. The third-order valence-corrected chi connectivity index (χ3v) is 13.7. The molecule has 3 aromatic rings. The lowest BCUT2D eigenvalue weighted by Crippen LogP contribution is -2.51. The second-order valence-electron chi connectivity index (χ2n) is 18.5. The molecular formula is C49H71N7O9. The summed E-state index contributed by atoms with van der Waals surface area (Å²) in [5.74, 6) is 0.778. The number of anilines is 1. The Balaban J connectivity index is 0.000000280. The first-order valence-corrected chi connectivity index (χ1v) is 23.5. The summed E-state index contributed by atoms with van der Waals surface area (Å²) in [6.07, 6.45) is 7.23. The van der Waals surface area contributed by atoms with Gasteiger partial charge in [0.05, 0.1) is 18.7 Å². The number of ether oxygens (including phenoxy) is 2. The molecule has 1 aromatic heterocycles. The molecule has 0 spiro atoms. The molecule has 16 heteroatoms. The summed E-state index contributed by atoms with van der Waals surface area (Å²) in [6, 6.07) is 11.4. The van der Waals surface area contributed by atoms with Gasteiger partial charge in [-0.15, -0.1) is 0 Å². The van der Waals surface area contributed by atoms with Gasteiger partial charge in [-0.05, 0) is 118 Å². The van der Waals surface area contributed by atoms with E-state index in [0.717, 1.165) is 80.0 Å². The number of fused-ring (bicyclic) bond motifs is 2. The number of carbonyl (C=O) groups excluding carboxylic acids is 5. The highest BCUT2D eigenvalue weighted by atomic mass is 16.6. The Hall–Kier alpha value is -5.38. The molecule has 5 amide bonds. The maximum atomic E-state index is 13.8. The van der Waals surface area contributed by atoms with Gasteiger partial charge in [0.25, 0.3) is 5.91 Å². The molecule has 6 heterocycles. The summed E-state index contributed by atoms with van der Waals surface area (Å²) in [6.45, 7) is 13.5. The van der Waals surface area contributed by atoms with Crippen molar-refractivity contribution < 1.29 is 37.9 Å².